The van der Waals surface area contributed by atoms with Crippen LogP contribution in [0.25, 0.3) is 0 Å². The van der Waals surface area contributed by atoms with Crippen LogP contribution in [-0.2, 0) is 9.84 Å². The maximum absolute atomic E-state index is 13.3. The monoisotopic (exact) mass is 376 g/mol. The number of benzene rings is 3. The van der Waals surface area contributed by atoms with Crippen molar-refractivity contribution in [2.75, 3.05) is 0 Å². The number of halogens is 2. The van der Waals surface area contributed by atoms with Crippen molar-refractivity contribution >= 4 is 33.0 Å². The molecule has 1 unspecified atom stereocenters. The van der Waals surface area contributed by atoms with Crippen molar-refractivity contribution in [3.05, 3.63) is 100 Å². The van der Waals surface area contributed by atoms with E-state index in [1.807, 2.05) is 18.2 Å². The van der Waals surface area contributed by atoms with Crippen LogP contribution in [0, 0.1) is 0 Å². The van der Waals surface area contributed by atoms with E-state index in [9.17, 15) is 8.42 Å². The van der Waals surface area contributed by atoms with Crippen LogP contribution in [0.15, 0.2) is 83.8 Å². The summed E-state index contributed by atoms with van der Waals surface area (Å²) in [6, 6.07) is 22.3. The fourth-order valence-electron chi connectivity index (χ4n) is 2.65. The molecule has 0 fully saturated rings. The second-order valence-corrected chi connectivity index (χ2v) is 8.26. The van der Waals surface area contributed by atoms with Gasteiger partial charge in [-0.05, 0) is 41.5 Å². The lowest BCUT2D eigenvalue weighted by Crippen LogP contribution is -2.15. The van der Waals surface area contributed by atoms with Crippen LogP contribution in [0.5, 0.6) is 0 Å². The van der Waals surface area contributed by atoms with Gasteiger partial charge in [0.1, 0.15) is 5.25 Å². The molecule has 0 aliphatic carbocycles. The molecule has 3 rings (SSSR count). The molecule has 0 radical (unpaired) electrons. The lowest BCUT2D eigenvalue weighted by molar-refractivity contribution is 0.589. The van der Waals surface area contributed by atoms with E-state index in [4.69, 9.17) is 23.2 Å². The van der Waals surface area contributed by atoms with E-state index < -0.39 is 15.1 Å². The third-order valence-electron chi connectivity index (χ3n) is 3.67. The number of rotatable bonds is 4. The Labute approximate surface area is 151 Å². The lowest BCUT2D eigenvalue weighted by Gasteiger charge is -2.19. The van der Waals surface area contributed by atoms with Gasteiger partial charge in [-0.25, -0.2) is 8.42 Å². The molecule has 0 amide bonds. The van der Waals surface area contributed by atoms with Crippen LogP contribution in [0.1, 0.15) is 16.4 Å². The summed E-state index contributed by atoms with van der Waals surface area (Å²) in [5.74, 6) is 0. The smallest absolute Gasteiger partial charge is 0.189 e. The maximum atomic E-state index is 13.3. The number of hydrogen-bond acceptors (Lipinski definition) is 2. The maximum Gasteiger partial charge on any atom is 0.189 e. The van der Waals surface area contributed by atoms with Gasteiger partial charge in [-0.2, -0.15) is 0 Å². The van der Waals surface area contributed by atoms with Crippen molar-refractivity contribution in [1.82, 2.24) is 0 Å². The molecule has 2 nitrogen and oxygen atoms in total. The van der Waals surface area contributed by atoms with Gasteiger partial charge in [0.25, 0.3) is 0 Å². The zero-order chi connectivity index (χ0) is 17.2. The van der Waals surface area contributed by atoms with Gasteiger partial charge in [-0.1, -0.05) is 71.7 Å². The number of hydrogen-bond donors (Lipinski definition) is 0. The normalized spacial score (nSPS) is 12.8. The van der Waals surface area contributed by atoms with Crippen molar-refractivity contribution in [3.63, 3.8) is 0 Å². The van der Waals surface area contributed by atoms with Gasteiger partial charge in [0, 0.05) is 10.0 Å². The van der Waals surface area contributed by atoms with Crippen molar-refractivity contribution in [2.45, 2.75) is 10.1 Å². The molecule has 0 N–H and O–H groups in total. The van der Waals surface area contributed by atoms with Crippen molar-refractivity contribution in [2.24, 2.45) is 0 Å². The minimum Gasteiger partial charge on any atom is -0.223 e. The standard InChI is InChI=1S/C19H14Cl2O2S/c20-16-11-15(12-17(21)13-16)19(14-7-3-1-4-8-14)24(22,23)18-9-5-2-6-10-18/h1-13,19H. The molecule has 1 atom stereocenters. The van der Waals surface area contributed by atoms with E-state index in [-0.39, 0.29) is 4.90 Å². The predicted molar refractivity (Wildman–Crippen MR) is 98.4 cm³/mol. The van der Waals surface area contributed by atoms with E-state index in [2.05, 4.69) is 0 Å². The first-order chi connectivity index (χ1) is 11.5. The zero-order valence-corrected chi connectivity index (χ0v) is 14.9. The molecule has 24 heavy (non-hydrogen) atoms. The van der Waals surface area contributed by atoms with Gasteiger partial charge < -0.3 is 0 Å². The Morgan fingerprint density at radius 1 is 0.667 bits per heavy atom. The Hall–Kier alpha value is -1.81. The number of sulfone groups is 1. The molecule has 0 spiro atoms. The molecule has 0 aliphatic heterocycles. The molecule has 5 heteroatoms. The highest BCUT2D eigenvalue weighted by atomic mass is 35.5. The molecule has 0 aliphatic rings. The van der Waals surface area contributed by atoms with Gasteiger partial charge in [-0.3, -0.25) is 0 Å². The van der Waals surface area contributed by atoms with Crippen molar-refractivity contribution < 1.29 is 8.42 Å². The highest BCUT2D eigenvalue weighted by Gasteiger charge is 2.31. The average Bonchev–Trinajstić information content (AvgIpc) is 2.56. The molecule has 0 saturated carbocycles. The van der Waals surface area contributed by atoms with Crippen LogP contribution in [0.2, 0.25) is 10.0 Å². The second-order valence-electron chi connectivity index (χ2n) is 5.35. The van der Waals surface area contributed by atoms with Crippen molar-refractivity contribution in [3.8, 4) is 0 Å². The molecule has 3 aromatic carbocycles. The summed E-state index contributed by atoms with van der Waals surface area (Å²) in [4.78, 5) is 0.259. The average molecular weight is 377 g/mol. The zero-order valence-electron chi connectivity index (χ0n) is 12.6. The van der Waals surface area contributed by atoms with Crippen LogP contribution >= 0.6 is 23.2 Å². The quantitative estimate of drug-likeness (QED) is 0.597. The van der Waals surface area contributed by atoms with Crippen LogP contribution in [-0.4, -0.2) is 8.42 Å². The van der Waals surface area contributed by atoms with E-state index >= 15 is 0 Å². The van der Waals surface area contributed by atoms with Crippen LogP contribution in [0.3, 0.4) is 0 Å². The third-order valence-corrected chi connectivity index (χ3v) is 6.20. The molecule has 0 bridgehead atoms. The Kier molecular flexibility index (Phi) is 4.95. The Morgan fingerprint density at radius 3 is 1.71 bits per heavy atom. The van der Waals surface area contributed by atoms with Gasteiger partial charge in [0.2, 0.25) is 0 Å². The first kappa shape index (κ1) is 17.0. The summed E-state index contributed by atoms with van der Waals surface area (Å²) in [7, 11) is -3.66. The second kappa shape index (κ2) is 6.98. The molecule has 0 saturated heterocycles. The Balaban J connectivity index is 2.24. The lowest BCUT2D eigenvalue weighted by atomic mass is 10.0. The van der Waals surface area contributed by atoms with E-state index in [0.717, 1.165) is 0 Å². The minimum absolute atomic E-state index is 0.259. The summed E-state index contributed by atoms with van der Waals surface area (Å²) in [6.45, 7) is 0. The Morgan fingerprint density at radius 2 is 1.17 bits per heavy atom. The molecule has 3 aromatic rings. The minimum atomic E-state index is -3.66. The fraction of sp³-hybridized carbons (Fsp3) is 0.0526. The fourth-order valence-corrected chi connectivity index (χ4v) is 5.01. The first-order valence-corrected chi connectivity index (χ1v) is 9.58. The predicted octanol–water partition coefficient (Wildman–Crippen LogP) is 5.56. The van der Waals surface area contributed by atoms with Gasteiger partial charge >= 0.3 is 0 Å². The summed E-state index contributed by atoms with van der Waals surface area (Å²) in [5.41, 5.74) is 1.21. The SMILES string of the molecule is O=S(=O)(c1ccccc1)C(c1ccccc1)c1cc(Cl)cc(Cl)c1. The van der Waals surface area contributed by atoms with Gasteiger partial charge in [-0.15, -0.1) is 0 Å². The summed E-state index contributed by atoms with van der Waals surface area (Å²) in [6.07, 6.45) is 0. The van der Waals surface area contributed by atoms with E-state index in [1.165, 1.54) is 0 Å². The topological polar surface area (TPSA) is 34.1 Å². The molecule has 0 aromatic heterocycles. The largest absolute Gasteiger partial charge is 0.223 e. The molecule has 0 heterocycles. The molecular weight excluding hydrogens is 363 g/mol. The summed E-state index contributed by atoms with van der Waals surface area (Å²) < 4.78 is 26.5. The van der Waals surface area contributed by atoms with Gasteiger partial charge in [0.05, 0.1) is 4.90 Å². The summed E-state index contributed by atoms with van der Waals surface area (Å²) >= 11 is 12.2. The first-order valence-electron chi connectivity index (χ1n) is 7.28. The van der Waals surface area contributed by atoms with Crippen LogP contribution < -0.4 is 0 Å². The Bertz CT molecular complexity index is 919. The van der Waals surface area contributed by atoms with Crippen molar-refractivity contribution in [1.29, 1.82) is 0 Å². The highest BCUT2D eigenvalue weighted by Crippen LogP contribution is 2.37. The van der Waals surface area contributed by atoms with E-state index in [1.54, 1.807) is 60.7 Å². The van der Waals surface area contributed by atoms with Gasteiger partial charge in [0.15, 0.2) is 9.84 Å². The highest BCUT2D eigenvalue weighted by molar-refractivity contribution is 7.91. The third kappa shape index (κ3) is 3.48. The molecule has 122 valence electrons. The molecular formula is C19H14Cl2O2S. The van der Waals surface area contributed by atoms with E-state index in [0.29, 0.717) is 21.2 Å². The van der Waals surface area contributed by atoms with Crippen LogP contribution in [0.4, 0.5) is 0 Å². The summed E-state index contributed by atoms with van der Waals surface area (Å²) in [5, 5.41) is -0.0688.